The van der Waals surface area contributed by atoms with Crippen LogP contribution in [0, 0.1) is 0 Å². The molecule has 5 heteroatoms. The first-order valence-corrected chi connectivity index (χ1v) is 7.01. The third-order valence-electron chi connectivity index (χ3n) is 3.41. The fraction of sp³-hybridized carbons (Fsp3) is 0.235. The first kappa shape index (κ1) is 15.7. The molecule has 0 fully saturated rings. The van der Waals surface area contributed by atoms with Gasteiger partial charge in [-0.2, -0.15) is 0 Å². The van der Waals surface area contributed by atoms with Gasteiger partial charge in [0.2, 0.25) is 0 Å². The third kappa shape index (κ3) is 3.91. The van der Waals surface area contributed by atoms with Crippen LogP contribution >= 0.6 is 0 Å². The van der Waals surface area contributed by atoms with E-state index in [1.54, 1.807) is 12.1 Å². The Morgan fingerprint density at radius 1 is 1.00 bits per heavy atom. The van der Waals surface area contributed by atoms with Crippen molar-refractivity contribution in [1.29, 1.82) is 0 Å². The number of carbonyl (C=O) groups is 1. The number of rotatable bonds is 4. The molecule has 0 bridgehead atoms. The highest BCUT2D eigenvalue weighted by Crippen LogP contribution is 2.29. The first-order chi connectivity index (χ1) is 10.5. The molecular weight excluding hydrogens is 284 g/mol. The second kappa shape index (κ2) is 6.85. The molecule has 1 atom stereocenters. The van der Waals surface area contributed by atoms with Gasteiger partial charge in [0.25, 0.3) is 0 Å². The summed E-state index contributed by atoms with van der Waals surface area (Å²) < 4.78 is 9.97. The average molecular weight is 302 g/mol. The normalized spacial score (nSPS) is 11.7. The van der Waals surface area contributed by atoms with Crippen molar-refractivity contribution >= 4 is 6.16 Å². The monoisotopic (exact) mass is 302 g/mol. The molecular formula is C17H18O5. The van der Waals surface area contributed by atoms with Gasteiger partial charge >= 0.3 is 6.16 Å². The standard InChI is InChI=1S/C17H18O5/c1-3-11(2)12-4-6-13(7-5-12)21-17(20)22-14-8-9-15(18)16(19)10-14/h4-11,18-19H,3H2,1-2H3. The van der Waals surface area contributed by atoms with E-state index >= 15 is 0 Å². The minimum absolute atomic E-state index is 0.0801. The van der Waals surface area contributed by atoms with Crippen LogP contribution in [-0.4, -0.2) is 16.4 Å². The number of aromatic hydroxyl groups is 2. The lowest BCUT2D eigenvalue weighted by Gasteiger charge is -2.10. The van der Waals surface area contributed by atoms with Crippen molar-refractivity contribution in [2.75, 3.05) is 0 Å². The SMILES string of the molecule is CCC(C)c1ccc(OC(=O)Oc2ccc(O)c(O)c2)cc1. The zero-order valence-electron chi connectivity index (χ0n) is 12.4. The maximum atomic E-state index is 11.7. The summed E-state index contributed by atoms with van der Waals surface area (Å²) in [7, 11) is 0. The maximum absolute atomic E-state index is 11.7. The van der Waals surface area contributed by atoms with Gasteiger partial charge in [-0.15, -0.1) is 0 Å². The lowest BCUT2D eigenvalue weighted by atomic mass is 9.99. The van der Waals surface area contributed by atoms with Crippen LogP contribution in [0.2, 0.25) is 0 Å². The Morgan fingerprint density at radius 3 is 2.18 bits per heavy atom. The molecule has 0 spiro atoms. The van der Waals surface area contributed by atoms with Crippen molar-refractivity contribution < 1.29 is 24.5 Å². The molecule has 0 saturated heterocycles. The van der Waals surface area contributed by atoms with Gasteiger partial charge < -0.3 is 19.7 Å². The highest BCUT2D eigenvalue weighted by molar-refractivity contribution is 5.67. The van der Waals surface area contributed by atoms with Crippen LogP contribution < -0.4 is 9.47 Å². The number of ether oxygens (including phenoxy) is 2. The molecule has 0 saturated carbocycles. The average Bonchev–Trinajstić information content (AvgIpc) is 2.51. The molecule has 0 aliphatic heterocycles. The highest BCUT2D eigenvalue weighted by Gasteiger charge is 2.10. The largest absolute Gasteiger partial charge is 0.519 e. The van der Waals surface area contributed by atoms with Gasteiger partial charge in [0.15, 0.2) is 11.5 Å². The molecule has 22 heavy (non-hydrogen) atoms. The zero-order chi connectivity index (χ0) is 16.1. The van der Waals surface area contributed by atoms with Gasteiger partial charge in [0, 0.05) is 6.07 Å². The van der Waals surface area contributed by atoms with Gasteiger partial charge in [-0.05, 0) is 42.2 Å². The van der Waals surface area contributed by atoms with Crippen molar-refractivity contribution in [2.45, 2.75) is 26.2 Å². The maximum Gasteiger partial charge on any atom is 0.519 e. The van der Waals surface area contributed by atoms with Crippen molar-refractivity contribution in [1.82, 2.24) is 0 Å². The summed E-state index contributed by atoms with van der Waals surface area (Å²) in [6.45, 7) is 4.24. The molecule has 2 N–H and O–H groups in total. The lowest BCUT2D eigenvalue weighted by molar-refractivity contribution is 0.151. The minimum Gasteiger partial charge on any atom is -0.504 e. The van der Waals surface area contributed by atoms with Crippen LogP contribution in [0.1, 0.15) is 31.7 Å². The lowest BCUT2D eigenvalue weighted by Crippen LogP contribution is -2.13. The highest BCUT2D eigenvalue weighted by atomic mass is 16.7. The van der Waals surface area contributed by atoms with E-state index in [0.717, 1.165) is 12.5 Å². The number of hydrogen-bond acceptors (Lipinski definition) is 5. The molecule has 0 aliphatic rings. The Labute approximate surface area is 128 Å². The summed E-state index contributed by atoms with van der Waals surface area (Å²) in [6.07, 6.45) is 0.119. The van der Waals surface area contributed by atoms with Gasteiger partial charge in [0.05, 0.1) is 0 Å². The van der Waals surface area contributed by atoms with E-state index in [1.165, 1.54) is 17.7 Å². The topological polar surface area (TPSA) is 76.0 Å². The minimum atomic E-state index is -0.915. The van der Waals surface area contributed by atoms with E-state index in [1.807, 2.05) is 12.1 Å². The fourth-order valence-corrected chi connectivity index (χ4v) is 1.88. The molecule has 0 aromatic heterocycles. The van der Waals surface area contributed by atoms with Gasteiger partial charge in [-0.25, -0.2) is 4.79 Å². The van der Waals surface area contributed by atoms with Gasteiger partial charge in [-0.3, -0.25) is 0 Å². The number of phenols is 2. The summed E-state index contributed by atoms with van der Waals surface area (Å²) in [5, 5.41) is 18.5. The van der Waals surface area contributed by atoms with E-state index in [2.05, 4.69) is 13.8 Å². The summed E-state index contributed by atoms with van der Waals surface area (Å²) in [5.74, 6) is 0.238. The quantitative estimate of drug-likeness (QED) is 0.503. The molecule has 5 nitrogen and oxygen atoms in total. The van der Waals surface area contributed by atoms with Crippen LogP contribution in [0.15, 0.2) is 42.5 Å². The van der Waals surface area contributed by atoms with Crippen molar-refractivity contribution in [3.8, 4) is 23.0 Å². The Bertz CT molecular complexity index is 649. The van der Waals surface area contributed by atoms with Gasteiger partial charge in [0.1, 0.15) is 11.5 Å². The van der Waals surface area contributed by atoms with E-state index in [4.69, 9.17) is 9.47 Å². The van der Waals surface area contributed by atoms with Crippen LogP contribution in [0.3, 0.4) is 0 Å². The molecule has 116 valence electrons. The molecule has 0 heterocycles. The Kier molecular flexibility index (Phi) is 4.88. The second-order valence-electron chi connectivity index (χ2n) is 4.98. The van der Waals surface area contributed by atoms with Crippen LogP contribution in [0.25, 0.3) is 0 Å². The molecule has 2 aromatic carbocycles. The molecule has 0 amide bonds. The smallest absolute Gasteiger partial charge is 0.504 e. The van der Waals surface area contributed by atoms with E-state index in [0.29, 0.717) is 11.7 Å². The summed E-state index contributed by atoms with van der Waals surface area (Å²) in [6, 6.07) is 10.9. The number of benzene rings is 2. The van der Waals surface area contributed by atoms with E-state index in [-0.39, 0.29) is 17.2 Å². The third-order valence-corrected chi connectivity index (χ3v) is 3.41. The summed E-state index contributed by atoms with van der Waals surface area (Å²) in [5.41, 5.74) is 1.17. The molecule has 2 aromatic rings. The molecule has 2 rings (SSSR count). The van der Waals surface area contributed by atoms with Crippen LogP contribution in [0.4, 0.5) is 4.79 Å². The van der Waals surface area contributed by atoms with Crippen molar-refractivity contribution in [3.05, 3.63) is 48.0 Å². The first-order valence-electron chi connectivity index (χ1n) is 7.01. The van der Waals surface area contributed by atoms with Crippen molar-refractivity contribution in [2.24, 2.45) is 0 Å². The Morgan fingerprint density at radius 2 is 1.59 bits per heavy atom. The fourth-order valence-electron chi connectivity index (χ4n) is 1.88. The van der Waals surface area contributed by atoms with E-state index < -0.39 is 6.16 Å². The predicted octanol–water partition coefficient (Wildman–Crippen LogP) is 4.19. The Hall–Kier alpha value is -2.69. The zero-order valence-corrected chi connectivity index (χ0v) is 12.4. The van der Waals surface area contributed by atoms with Gasteiger partial charge in [-0.1, -0.05) is 26.0 Å². The predicted molar refractivity (Wildman–Crippen MR) is 81.6 cm³/mol. The molecule has 1 unspecified atom stereocenters. The molecule has 0 aliphatic carbocycles. The van der Waals surface area contributed by atoms with Crippen LogP contribution in [-0.2, 0) is 0 Å². The Balaban J connectivity index is 1.98. The summed E-state index contributed by atoms with van der Waals surface area (Å²) in [4.78, 5) is 11.7. The van der Waals surface area contributed by atoms with Crippen molar-refractivity contribution in [3.63, 3.8) is 0 Å². The second-order valence-corrected chi connectivity index (χ2v) is 4.98. The number of phenolic OH excluding ortho intramolecular Hbond substituents is 2. The van der Waals surface area contributed by atoms with Crippen LogP contribution in [0.5, 0.6) is 23.0 Å². The van der Waals surface area contributed by atoms with E-state index in [9.17, 15) is 15.0 Å². The molecule has 0 radical (unpaired) electrons. The number of carbonyl (C=O) groups excluding carboxylic acids is 1. The summed E-state index contributed by atoms with van der Waals surface area (Å²) >= 11 is 0. The number of hydrogen-bond donors (Lipinski definition) is 2.